The lowest BCUT2D eigenvalue weighted by Crippen LogP contribution is -2.41. The van der Waals surface area contributed by atoms with Crippen molar-refractivity contribution in [1.29, 1.82) is 0 Å². The molecule has 34 heavy (non-hydrogen) atoms. The Morgan fingerprint density at radius 3 is 1.68 bits per heavy atom. The molecule has 0 amide bonds. The van der Waals surface area contributed by atoms with Crippen LogP contribution >= 0.6 is 0 Å². The maximum atomic E-state index is 8.65. The highest BCUT2D eigenvalue weighted by Gasteiger charge is 2.51. The van der Waals surface area contributed by atoms with E-state index in [1.807, 2.05) is 107 Å². The molecule has 0 bridgehead atoms. The zero-order valence-corrected chi connectivity index (χ0v) is 19.8. The number of benzene rings is 4. The van der Waals surface area contributed by atoms with Gasteiger partial charge >= 0.3 is 7.12 Å². The van der Waals surface area contributed by atoms with Crippen molar-refractivity contribution in [2.45, 2.75) is 38.9 Å². The van der Waals surface area contributed by atoms with Crippen LogP contribution in [-0.2, 0) is 9.31 Å². The Bertz CT molecular complexity index is 1460. The van der Waals surface area contributed by atoms with Gasteiger partial charge in [0.25, 0.3) is 0 Å². The quantitative estimate of drug-likeness (QED) is 0.301. The largest absolute Gasteiger partial charge is 0.494 e. The fourth-order valence-electron chi connectivity index (χ4n) is 3.96. The van der Waals surface area contributed by atoms with E-state index in [-0.39, 0.29) is 29.9 Å². The van der Waals surface area contributed by atoms with Crippen LogP contribution in [0.2, 0.25) is 0 Å². The molecule has 1 fully saturated rings. The van der Waals surface area contributed by atoms with Gasteiger partial charge in [0.1, 0.15) is 0 Å². The molecular weight excluding hydrogens is 417 g/mol. The van der Waals surface area contributed by atoms with Gasteiger partial charge in [-0.05, 0) is 80.6 Å². The second-order valence-corrected chi connectivity index (χ2v) is 9.40. The predicted molar refractivity (Wildman–Crippen MR) is 142 cm³/mol. The topological polar surface area (TPSA) is 21.7 Å². The maximum absolute atomic E-state index is 8.65. The molecule has 4 heteroatoms. The molecule has 0 atom stereocenters. The molecule has 4 aromatic rings. The van der Waals surface area contributed by atoms with E-state index in [1.165, 1.54) is 0 Å². The smallest absolute Gasteiger partial charge is 0.399 e. The molecule has 0 N–H and O–H groups in total. The third-order valence-electron chi connectivity index (χ3n) is 6.62. The summed E-state index contributed by atoms with van der Waals surface area (Å²) in [5.41, 5.74) is 3.33. The van der Waals surface area contributed by atoms with Crippen LogP contribution in [0.3, 0.4) is 0 Å². The molecule has 0 unspecified atom stereocenters. The maximum Gasteiger partial charge on any atom is 0.494 e. The van der Waals surface area contributed by atoms with Crippen molar-refractivity contribution in [1.82, 2.24) is 0 Å². The molecule has 3 nitrogen and oxygen atoms in total. The van der Waals surface area contributed by atoms with Gasteiger partial charge in [-0.15, -0.1) is 0 Å². The molecule has 0 spiro atoms. The molecule has 0 saturated carbocycles. The highest BCUT2D eigenvalue weighted by atomic mass is 16.7. The van der Waals surface area contributed by atoms with Crippen molar-refractivity contribution in [2.24, 2.45) is 0 Å². The average Bonchev–Trinajstić information content (AvgIpc) is 3.16. The van der Waals surface area contributed by atoms with E-state index < -0.39 is 24.4 Å². The summed E-state index contributed by atoms with van der Waals surface area (Å²) in [4.78, 5) is 1.70. The van der Waals surface area contributed by atoms with Gasteiger partial charge in [0.05, 0.1) is 18.1 Å². The van der Waals surface area contributed by atoms with E-state index in [9.17, 15) is 0 Å². The minimum Gasteiger partial charge on any atom is -0.399 e. The van der Waals surface area contributed by atoms with E-state index in [1.54, 1.807) is 4.90 Å². The van der Waals surface area contributed by atoms with Crippen molar-refractivity contribution in [3.8, 4) is 11.1 Å². The van der Waals surface area contributed by atoms with E-state index in [2.05, 4.69) is 0 Å². The van der Waals surface area contributed by atoms with Crippen molar-refractivity contribution >= 4 is 29.6 Å². The van der Waals surface area contributed by atoms with E-state index in [0.717, 1.165) is 16.6 Å². The summed E-state index contributed by atoms with van der Waals surface area (Å²) in [6.45, 7) is 8.00. The number of para-hydroxylation sites is 1. The molecule has 1 saturated heterocycles. The second-order valence-electron chi connectivity index (χ2n) is 9.40. The lowest BCUT2D eigenvalue weighted by atomic mass is 9.79. The standard InChI is InChI=1S/C30H30BNO2/c1-29(2)30(3,4)34-31(33-29)25-17-21-28(22-18-25)32(26-13-9-6-10-14-26)27-19-15-24(16-20-27)23-11-7-5-8-12-23/h5-22H,1-4H3/i6D,9D,10D,13D,14D. The van der Waals surface area contributed by atoms with Gasteiger partial charge in [-0.3, -0.25) is 0 Å². The summed E-state index contributed by atoms with van der Waals surface area (Å²) in [7, 11) is -0.539. The first kappa shape index (κ1) is 17.2. The number of rotatable bonds is 5. The lowest BCUT2D eigenvalue weighted by molar-refractivity contribution is 0.00578. The van der Waals surface area contributed by atoms with Crippen molar-refractivity contribution in [3.05, 3.63) is 109 Å². The van der Waals surface area contributed by atoms with Crippen LogP contribution in [0.1, 0.15) is 34.5 Å². The first-order valence-corrected chi connectivity index (χ1v) is 11.4. The molecule has 170 valence electrons. The van der Waals surface area contributed by atoms with Crippen molar-refractivity contribution in [2.75, 3.05) is 4.90 Å². The Labute approximate surface area is 210 Å². The molecule has 4 aromatic carbocycles. The first-order chi connectivity index (χ1) is 18.4. The predicted octanol–water partition coefficient (Wildman–Crippen LogP) is 7.12. The fourth-order valence-corrected chi connectivity index (χ4v) is 3.96. The van der Waals surface area contributed by atoms with Crippen molar-refractivity contribution in [3.63, 3.8) is 0 Å². The summed E-state index contributed by atoms with van der Waals surface area (Å²) in [6, 6.07) is 23.4. The molecule has 1 aliphatic rings. The molecule has 1 aliphatic heterocycles. The minimum absolute atomic E-state index is 0.0804. The highest BCUT2D eigenvalue weighted by Crippen LogP contribution is 2.38. The number of nitrogens with zero attached hydrogens (tertiary/aromatic N) is 1. The third-order valence-corrected chi connectivity index (χ3v) is 6.62. The van der Waals surface area contributed by atoms with Crippen LogP contribution in [0.5, 0.6) is 0 Å². The van der Waals surface area contributed by atoms with Gasteiger partial charge in [-0.1, -0.05) is 72.7 Å². The third kappa shape index (κ3) is 4.27. The Hall–Kier alpha value is -3.34. The number of hydrogen-bond donors (Lipinski definition) is 0. The second kappa shape index (κ2) is 8.79. The van der Waals surface area contributed by atoms with Gasteiger partial charge in [-0.25, -0.2) is 0 Å². The van der Waals surface area contributed by atoms with E-state index >= 15 is 0 Å². The SMILES string of the molecule is [2H]c1c([2H])c([2H])c(N(c2ccc(B3OC(C)(C)C(C)(C)O3)cc2)c2ccc(-c3ccccc3)cc2)c([2H])c1[2H]. The monoisotopic (exact) mass is 452 g/mol. The first-order valence-electron chi connectivity index (χ1n) is 13.9. The van der Waals surface area contributed by atoms with Crippen LogP contribution in [0.25, 0.3) is 11.1 Å². The normalized spacial score (nSPS) is 18.5. The summed E-state index contributed by atoms with van der Waals surface area (Å²) in [5.74, 6) is 0. The van der Waals surface area contributed by atoms with Crippen LogP contribution in [0.15, 0.2) is 109 Å². The molecule has 0 radical (unpaired) electrons. The zero-order valence-electron chi connectivity index (χ0n) is 24.8. The van der Waals surface area contributed by atoms with E-state index in [4.69, 9.17) is 16.2 Å². The Morgan fingerprint density at radius 2 is 1.12 bits per heavy atom. The van der Waals surface area contributed by atoms with E-state index in [0.29, 0.717) is 11.4 Å². The van der Waals surface area contributed by atoms with Crippen LogP contribution in [0, 0.1) is 0 Å². The van der Waals surface area contributed by atoms with Gasteiger partial charge in [0.15, 0.2) is 0 Å². The van der Waals surface area contributed by atoms with Crippen LogP contribution in [-0.4, -0.2) is 18.3 Å². The summed E-state index contributed by atoms with van der Waals surface area (Å²) in [6.07, 6.45) is 0. The summed E-state index contributed by atoms with van der Waals surface area (Å²) < 4.78 is 54.3. The highest BCUT2D eigenvalue weighted by molar-refractivity contribution is 6.62. The van der Waals surface area contributed by atoms with Gasteiger partial charge in [-0.2, -0.15) is 0 Å². The van der Waals surface area contributed by atoms with Crippen molar-refractivity contribution < 1.29 is 16.2 Å². The Morgan fingerprint density at radius 1 is 0.618 bits per heavy atom. The van der Waals surface area contributed by atoms with Gasteiger partial charge in [0, 0.05) is 17.1 Å². The van der Waals surface area contributed by atoms with Gasteiger partial charge in [0.2, 0.25) is 0 Å². The minimum atomic E-state index is -0.539. The molecule has 0 aliphatic carbocycles. The van der Waals surface area contributed by atoms with Crippen LogP contribution < -0.4 is 10.4 Å². The van der Waals surface area contributed by atoms with Crippen LogP contribution in [0.4, 0.5) is 17.1 Å². The molecule has 5 rings (SSSR count). The molecule has 0 aromatic heterocycles. The summed E-state index contributed by atoms with van der Waals surface area (Å²) in [5, 5.41) is 0. The molecular formula is C30H30BNO2. The Balaban J connectivity index is 1.60. The lowest BCUT2D eigenvalue weighted by Gasteiger charge is -2.32. The number of hydrogen-bond acceptors (Lipinski definition) is 3. The Kier molecular flexibility index (Phi) is 4.43. The molecule has 1 heterocycles. The fraction of sp³-hybridized carbons (Fsp3) is 0.200. The number of anilines is 3. The zero-order chi connectivity index (χ0) is 28.1. The van der Waals surface area contributed by atoms with Gasteiger partial charge < -0.3 is 14.2 Å². The average molecular weight is 452 g/mol. The summed E-state index contributed by atoms with van der Waals surface area (Å²) >= 11 is 0.